The molecule has 0 bridgehead atoms. The molecule has 1 rings (SSSR count). The zero-order valence-electron chi connectivity index (χ0n) is 9.66. The summed E-state index contributed by atoms with van der Waals surface area (Å²) in [7, 11) is 1.80. The van der Waals surface area contributed by atoms with Crippen molar-refractivity contribution >= 4 is 23.2 Å². The van der Waals surface area contributed by atoms with E-state index in [4.69, 9.17) is 23.2 Å². The Morgan fingerprint density at radius 2 is 2.06 bits per heavy atom. The van der Waals surface area contributed by atoms with Gasteiger partial charge in [0.1, 0.15) is 6.10 Å². The lowest BCUT2D eigenvalue weighted by molar-refractivity contribution is 0.0140. The van der Waals surface area contributed by atoms with Crippen LogP contribution in [-0.4, -0.2) is 29.9 Å². The van der Waals surface area contributed by atoms with Crippen molar-refractivity contribution in [2.45, 2.75) is 24.5 Å². The van der Waals surface area contributed by atoms with Crippen LogP contribution in [0.5, 0.6) is 0 Å². The van der Waals surface area contributed by atoms with Gasteiger partial charge in [-0.25, -0.2) is 0 Å². The van der Waals surface area contributed by atoms with E-state index in [1.807, 2.05) is 0 Å². The first kappa shape index (κ1) is 14.7. The monoisotopic (exact) mass is 277 g/mol. The Kier molecular flexibility index (Phi) is 6.23. The van der Waals surface area contributed by atoms with Crippen LogP contribution >= 0.6 is 23.2 Å². The van der Waals surface area contributed by atoms with Crippen molar-refractivity contribution in [2.75, 3.05) is 13.6 Å². The molecule has 0 aliphatic rings. The van der Waals surface area contributed by atoms with Crippen molar-refractivity contribution in [1.82, 2.24) is 5.32 Å². The summed E-state index contributed by atoms with van der Waals surface area (Å²) in [6.07, 6.45) is -1.23. The smallest absolute Gasteiger partial charge is 0.105 e. The van der Waals surface area contributed by atoms with E-state index in [1.165, 1.54) is 0 Å². The molecule has 0 saturated carbocycles. The van der Waals surface area contributed by atoms with Gasteiger partial charge in [0.15, 0.2) is 0 Å². The Morgan fingerprint density at radius 3 is 2.65 bits per heavy atom. The Labute approximate surface area is 111 Å². The average Bonchev–Trinajstić information content (AvgIpc) is 2.35. The number of aliphatic hydroxyl groups is 2. The molecule has 96 valence electrons. The third-order valence-corrected chi connectivity index (χ3v) is 3.27. The molecule has 0 aliphatic carbocycles. The minimum absolute atomic E-state index is 0.284. The highest BCUT2D eigenvalue weighted by molar-refractivity contribution is 6.32. The molecule has 0 spiro atoms. The van der Waals surface area contributed by atoms with Crippen LogP contribution in [0.15, 0.2) is 18.2 Å². The highest BCUT2D eigenvalue weighted by Crippen LogP contribution is 2.25. The molecule has 1 aromatic carbocycles. The van der Waals surface area contributed by atoms with E-state index in [0.29, 0.717) is 23.6 Å². The van der Waals surface area contributed by atoms with Gasteiger partial charge in [-0.1, -0.05) is 23.7 Å². The van der Waals surface area contributed by atoms with Crippen molar-refractivity contribution < 1.29 is 10.2 Å². The fraction of sp³-hybridized carbons (Fsp3) is 0.500. The van der Waals surface area contributed by atoms with Crippen LogP contribution in [0.2, 0.25) is 5.02 Å². The topological polar surface area (TPSA) is 52.5 Å². The predicted molar refractivity (Wildman–Crippen MR) is 70.5 cm³/mol. The number of nitrogens with one attached hydrogen (secondary N) is 1. The maximum Gasteiger partial charge on any atom is 0.105 e. The fourth-order valence-corrected chi connectivity index (χ4v) is 2.03. The Bertz CT molecular complexity index is 360. The van der Waals surface area contributed by atoms with Crippen LogP contribution in [0, 0.1) is 0 Å². The van der Waals surface area contributed by atoms with E-state index >= 15 is 0 Å². The van der Waals surface area contributed by atoms with Crippen LogP contribution < -0.4 is 5.32 Å². The zero-order valence-corrected chi connectivity index (χ0v) is 11.2. The van der Waals surface area contributed by atoms with Gasteiger partial charge >= 0.3 is 0 Å². The second-order valence-corrected chi connectivity index (χ2v) is 4.56. The lowest BCUT2D eigenvalue weighted by Gasteiger charge is -2.18. The molecule has 2 unspecified atom stereocenters. The molecular formula is C12H17Cl2NO2. The first-order valence-corrected chi connectivity index (χ1v) is 6.36. The second kappa shape index (κ2) is 7.19. The molecule has 3 N–H and O–H groups in total. The number of alkyl halides is 1. The van der Waals surface area contributed by atoms with Gasteiger partial charge in [0.2, 0.25) is 0 Å². The quantitative estimate of drug-likeness (QED) is 0.698. The maximum absolute atomic E-state index is 9.96. The first-order valence-electron chi connectivity index (χ1n) is 5.45. The summed E-state index contributed by atoms with van der Waals surface area (Å²) in [4.78, 5) is 0. The summed E-state index contributed by atoms with van der Waals surface area (Å²) in [6, 6.07) is 5.11. The van der Waals surface area contributed by atoms with Gasteiger partial charge in [-0.15, -0.1) is 11.6 Å². The molecule has 2 atom stereocenters. The predicted octanol–water partition coefficient (Wildman–Crippen LogP) is 2.08. The molecule has 0 heterocycles. The van der Waals surface area contributed by atoms with E-state index in [-0.39, 0.29) is 5.88 Å². The van der Waals surface area contributed by atoms with Crippen LogP contribution in [0.4, 0.5) is 0 Å². The van der Waals surface area contributed by atoms with Gasteiger partial charge in [-0.05, 0) is 37.2 Å². The standard InChI is InChI=1S/C12H17Cl2NO2/c1-15-5-4-11(16)12(17)8-2-3-10(14)9(6-8)7-13/h2-3,6,11-12,15-17H,4-5,7H2,1H3. The number of halogens is 2. The highest BCUT2D eigenvalue weighted by Gasteiger charge is 2.18. The largest absolute Gasteiger partial charge is 0.390 e. The third kappa shape index (κ3) is 4.12. The number of hydrogen-bond acceptors (Lipinski definition) is 3. The molecule has 0 saturated heterocycles. The molecule has 0 aromatic heterocycles. The second-order valence-electron chi connectivity index (χ2n) is 3.89. The van der Waals surface area contributed by atoms with Gasteiger partial charge in [0.05, 0.1) is 6.10 Å². The van der Waals surface area contributed by atoms with Gasteiger partial charge < -0.3 is 15.5 Å². The summed E-state index contributed by atoms with van der Waals surface area (Å²) in [6.45, 7) is 0.647. The maximum atomic E-state index is 9.96. The molecule has 1 aromatic rings. The fourth-order valence-electron chi connectivity index (χ4n) is 1.55. The molecule has 0 fully saturated rings. The van der Waals surface area contributed by atoms with Crippen molar-refractivity contribution in [3.8, 4) is 0 Å². The molecule has 17 heavy (non-hydrogen) atoms. The molecular weight excluding hydrogens is 261 g/mol. The van der Waals surface area contributed by atoms with Crippen molar-refractivity contribution in [3.05, 3.63) is 34.3 Å². The number of aliphatic hydroxyl groups excluding tert-OH is 2. The third-order valence-electron chi connectivity index (χ3n) is 2.61. The molecule has 0 radical (unpaired) electrons. The van der Waals surface area contributed by atoms with Crippen LogP contribution in [0.3, 0.4) is 0 Å². The molecule has 0 amide bonds. The van der Waals surface area contributed by atoms with Crippen molar-refractivity contribution in [1.29, 1.82) is 0 Å². The Balaban J connectivity index is 2.77. The summed E-state index contributed by atoms with van der Waals surface area (Å²) in [5, 5.41) is 23.2. The highest BCUT2D eigenvalue weighted by atomic mass is 35.5. The summed E-state index contributed by atoms with van der Waals surface area (Å²) >= 11 is 11.7. The summed E-state index contributed by atoms with van der Waals surface area (Å²) < 4.78 is 0. The molecule has 5 heteroatoms. The van der Waals surface area contributed by atoms with Crippen LogP contribution in [0.25, 0.3) is 0 Å². The number of benzene rings is 1. The van der Waals surface area contributed by atoms with E-state index in [2.05, 4.69) is 5.32 Å². The lowest BCUT2D eigenvalue weighted by atomic mass is 10.0. The number of hydrogen-bond donors (Lipinski definition) is 3. The lowest BCUT2D eigenvalue weighted by Crippen LogP contribution is -2.23. The minimum Gasteiger partial charge on any atom is -0.390 e. The van der Waals surface area contributed by atoms with E-state index < -0.39 is 12.2 Å². The summed E-state index contributed by atoms with van der Waals surface area (Å²) in [5.41, 5.74) is 1.39. The van der Waals surface area contributed by atoms with E-state index in [0.717, 1.165) is 5.56 Å². The van der Waals surface area contributed by atoms with Gasteiger partial charge in [-0.3, -0.25) is 0 Å². The van der Waals surface area contributed by atoms with E-state index in [9.17, 15) is 10.2 Å². The van der Waals surface area contributed by atoms with Gasteiger partial charge in [0, 0.05) is 10.9 Å². The van der Waals surface area contributed by atoms with Gasteiger partial charge in [-0.2, -0.15) is 0 Å². The van der Waals surface area contributed by atoms with Crippen molar-refractivity contribution in [3.63, 3.8) is 0 Å². The Morgan fingerprint density at radius 1 is 1.35 bits per heavy atom. The summed E-state index contributed by atoms with van der Waals surface area (Å²) in [5.74, 6) is 0.284. The average molecular weight is 278 g/mol. The number of rotatable bonds is 6. The minimum atomic E-state index is -0.914. The molecule has 3 nitrogen and oxygen atoms in total. The normalized spacial score (nSPS) is 14.6. The zero-order chi connectivity index (χ0) is 12.8. The molecule has 0 aliphatic heterocycles. The van der Waals surface area contributed by atoms with Crippen molar-refractivity contribution in [2.24, 2.45) is 0 Å². The SMILES string of the molecule is CNCCC(O)C(O)c1ccc(Cl)c(CCl)c1. The van der Waals surface area contributed by atoms with Crippen LogP contribution in [-0.2, 0) is 5.88 Å². The van der Waals surface area contributed by atoms with E-state index in [1.54, 1.807) is 25.2 Å². The van der Waals surface area contributed by atoms with Gasteiger partial charge in [0.25, 0.3) is 0 Å². The first-order chi connectivity index (χ1) is 8.10. The van der Waals surface area contributed by atoms with Crippen LogP contribution in [0.1, 0.15) is 23.7 Å². The Hall–Kier alpha value is -0.320.